The lowest BCUT2D eigenvalue weighted by molar-refractivity contribution is 0.415. The monoisotopic (exact) mass is 298 g/mol. The van der Waals surface area contributed by atoms with Gasteiger partial charge in [-0.2, -0.15) is 0 Å². The van der Waals surface area contributed by atoms with Gasteiger partial charge in [-0.15, -0.1) is 0 Å². The molecule has 0 atom stereocenters. The van der Waals surface area contributed by atoms with Crippen molar-refractivity contribution in [2.45, 2.75) is 0 Å². The Hall–Kier alpha value is -2.26. The molecule has 0 spiro atoms. The van der Waals surface area contributed by atoms with E-state index in [1.54, 1.807) is 13.3 Å². The molecular formula is C17H15ClN2O. The molecule has 3 rings (SSSR count). The standard InChI is InChI=1S/C17H15ClN2O/c1-20(13-4-3-5-14(11-13)21-2)17-8-9-19-16-10-12(18)6-7-15(16)17/h3-11H,1-2H3. The molecule has 0 aliphatic heterocycles. The van der Waals surface area contributed by atoms with E-state index in [-0.39, 0.29) is 0 Å². The maximum Gasteiger partial charge on any atom is 0.120 e. The van der Waals surface area contributed by atoms with Gasteiger partial charge < -0.3 is 9.64 Å². The summed E-state index contributed by atoms with van der Waals surface area (Å²) >= 11 is 6.04. The van der Waals surface area contributed by atoms with Crippen LogP contribution in [-0.2, 0) is 0 Å². The second kappa shape index (κ2) is 5.62. The highest BCUT2D eigenvalue weighted by Gasteiger charge is 2.09. The van der Waals surface area contributed by atoms with Crippen molar-refractivity contribution in [1.82, 2.24) is 4.98 Å². The van der Waals surface area contributed by atoms with Crippen LogP contribution in [-0.4, -0.2) is 19.1 Å². The van der Waals surface area contributed by atoms with E-state index in [0.29, 0.717) is 5.02 Å². The Morgan fingerprint density at radius 2 is 1.95 bits per heavy atom. The molecule has 0 saturated heterocycles. The highest BCUT2D eigenvalue weighted by Crippen LogP contribution is 2.32. The Kier molecular flexibility index (Phi) is 3.67. The van der Waals surface area contributed by atoms with Gasteiger partial charge in [0.05, 0.1) is 18.3 Å². The number of fused-ring (bicyclic) bond motifs is 1. The Balaban J connectivity index is 2.10. The van der Waals surface area contributed by atoms with Crippen molar-refractivity contribution in [1.29, 1.82) is 0 Å². The van der Waals surface area contributed by atoms with E-state index in [1.165, 1.54) is 0 Å². The number of ether oxygens (including phenoxy) is 1. The molecule has 0 N–H and O–H groups in total. The summed E-state index contributed by atoms with van der Waals surface area (Å²) in [5.74, 6) is 0.834. The molecule has 0 radical (unpaired) electrons. The van der Waals surface area contributed by atoms with Crippen molar-refractivity contribution < 1.29 is 4.74 Å². The molecule has 4 heteroatoms. The van der Waals surface area contributed by atoms with Crippen molar-refractivity contribution in [3.8, 4) is 5.75 Å². The molecule has 2 aromatic carbocycles. The summed E-state index contributed by atoms with van der Waals surface area (Å²) in [4.78, 5) is 6.49. The minimum absolute atomic E-state index is 0.691. The van der Waals surface area contributed by atoms with Crippen LogP contribution >= 0.6 is 11.6 Å². The molecule has 1 aromatic heterocycles. The van der Waals surface area contributed by atoms with Gasteiger partial charge in [0.15, 0.2) is 0 Å². The number of pyridine rings is 1. The lowest BCUT2D eigenvalue weighted by Crippen LogP contribution is -2.10. The van der Waals surface area contributed by atoms with E-state index in [4.69, 9.17) is 16.3 Å². The van der Waals surface area contributed by atoms with Crippen LogP contribution in [0, 0.1) is 0 Å². The first-order valence-corrected chi connectivity index (χ1v) is 6.99. The smallest absolute Gasteiger partial charge is 0.120 e. The Morgan fingerprint density at radius 3 is 2.76 bits per heavy atom. The lowest BCUT2D eigenvalue weighted by atomic mass is 10.1. The fourth-order valence-corrected chi connectivity index (χ4v) is 2.52. The molecule has 0 saturated carbocycles. The van der Waals surface area contributed by atoms with E-state index in [9.17, 15) is 0 Å². The molecule has 0 unspecified atom stereocenters. The van der Waals surface area contributed by atoms with E-state index >= 15 is 0 Å². The minimum Gasteiger partial charge on any atom is -0.497 e. The average molecular weight is 299 g/mol. The van der Waals surface area contributed by atoms with Gasteiger partial charge in [-0.05, 0) is 36.4 Å². The summed E-state index contributed by atoms with van der Waals surface area (Å²) in [6.07, 6.45) is 1.80. The predicted octanol–water partition coefficient (Wildman–Crippen LogP) is 4.66. The highest BCUT2D eigenvalue weighted by molar-refractivity contribution is 6.31. The minimum atomic E-state index is 0.691. The molecule has 0 amide bonds. The van der Waals surface area contributed by atoms with Crippen LogP contribution in [0.15, 0.2) is 54.7 Å². The molecule has 1 heterocycles. The van der Waals surface area contributed by atoms with Crippen molar-refractivity contribution in [2.24, 2.45) is 0 Å². The number of aromatic nitrogens is 1. The molecule has 3 nitrogen and oxygen atoms in total. The van der Waals surface area contributed by atoms with Gasteiger partial charge in [-0.3, -0.25) is 4.98 Å². The summed E-state index contributed by atoms with van der Waals surface area (Å²) in [7, 11) is 3.70. The van der Waals surface area contributed by atoms with E-state index in [2.05, 4.69) is 9.88 Å². The van der Waals surface area contributed by atoms with Crippen LogP contribution in [0.4, 0.5) is 11.4 Å². The van der Waals surface area contributed by atoms with Crippen molar-refractivity contribution in [2.75, 3.05) is 19.1 Å². The number of hydrogen-bond acceptors (Lipinski definition) is 3. The van der Waals surface area contributed by atoms with E-state index in [0.717, 1.165) is 28.0 Å². The van der Waals surface area contributed by atoms with Crippen LogP contribution in [0.2, 0.25) is 5.02 Å². The largest absolute Gasteiger partial charge is 0.497 e. The van der Waals surface area contributed by atoms with Crippen LogP contribution in [0.1, 0.15) is 0 Å². The number of rotatable bonds is 3. The number of methoxy groups -OCH3 is 1. The zero-order chi connectivity index (χ0) is 14.8. The van der Waals surface area contributed by atoms with Crippen LogP contribution in [0.25, 0.3) is 10.9 Å². The third-order valence-corrected chi connectivity index (χ3v) is 3.72. The van der Waals surface area contributed by atoms with Crippen LogP contribution in [0.3, 0.4) is 0 Å². The van der Waals surface area contributed by atoms with Crippen molar-refractivity contribution in [3.63, 3.8) is 0 Å². The summed E-state index contributed by atoms with van der Waals surface area (Å²) < 4.78 is 5.29. The fourth-order valence-electron chi connectivity index (χ4n) is 2.36. The third-order valence-electron chi connectivity index (χ3n) is 3.48. The third kappa shape index (κ3) is 2.65. The predicted molar refractivity (Wildman–Crippen MR) is 87.8 cm³/mol. The maximum absolute atomic E-state index is 6.04. The van der Waals surface area contributed by atoms with Gasteiger partial charge in [0, 0.05) is 35.4 Å². The number of nitrogens with zero attached hydrogens (tertiary/aromatic N) is 2. The Labute approximate surface area is 128 Å². The maximum atomic E-state index is 6.04. The molecule has 106 valence electrons. The van der Waals surface area contributed by atoms with Gasteiger partial charge in [-0.25, -0.2) is 0 Å². The topological polar surface area (TPSA) is 25.4 Å². The zero-order valence-electron chi connectivity index (χ0n) is 11.9. The fraction of sp³-hybridized carbons (Fsp3) is 0.118. The number of benzene rings is 2. The normalized spacial score (nSPS) is 10.6. The summed E-state index contributed by atoms with van der Waals surface area (Å²) in [6.45, 7) is 0. The Bertz CT molecular complexity index is 789. The van der Waals surface area contributed by atoms with Crippen molar-refractivity contribution in [3.05, 3.63) is 59.8 Å². The molecule has 0 bridgehead atoms. The quantitative estimate of drug-likeness (QED) is 0.703. The molecule has 3 aromatic rings. The van der Waals surface area contributed by atoms with Crippen LogP contribution in [0.5, 0.6) is 5.75 Å². The number of anilines is 2. The SMILES string of the molecule is COc1cccc(N(C)c2ccnc3cc(Cl)ccc23)c1. The van der Waals surface area contributed by atoms with Crippen molar-refractivity contribution >= 4 is 33.9 Å². The lowest BCUT2D eigenvalue weighted by Gasteiger charge is -2.21. The van der Waals surface area contributed by atoms with Gasteiger partial charge in [0.2, 0.25) is 0 Å². The molecular weight excluding hydrogens is 284 g/mol. The molecule has 21 heavy (non-hydrogen) atoms. The number of hydrogen-bond donors (Lipinski definition) is 0. The van der Waals surface area contributed by atoms with Gasteiger partial charge in [0.1, 0.15) is 5.75 Å². The first-order chi connectivity index (χ1) is 10.2. The van der Waals surface area contributed by atoms with Gasteiger partial charge in [0.25, 0.3) is 0 Å². The summed E-state index contributed by atoms with van der Waals surface area (Å²) in [6, 6.07) is 15.7. The van der Waals surface area contributed by atoms with E-state index in [1.807, 2.05) is 55.6 Å². The summed E-state index contributed by atoms with van der Waals surface area (Å²) in [5.41, 5.74) is 3.01. The summed E-state index contributed by atoms with van der Waals surface area (Å²) in [5, 5.41) is 1.75. The second-order valence-corrected chi connectivity index (χ2v) is 5.19. The van der Waals surface area contributed by atoms with Crippen LogP contribution < -0.4 is 9.64 Å². The Morgan fingerprint density at radius 1 is 1.10 bits per heavy atom. The zero-order valence-corrected chi connectivity index (χ0v) is 12.6. The second-order valence-electron chi connectivity index (χ2n) is 4.75. The van der Waals surface area contributed by atoms with E-state index < -0.39 is 0 Å². The number of halogens is 1. The van der Waals surface area contributed by atoms with Gasteiger partial charge in [-0.1, -0.05) is 17.7 Å². The first kappa shape index (κ1) is 13.7. The molecule has 0 aliphatic carbocycles. The highest BCUT2D eigenvalue weighted by atomic mass is 35.5. The first-order valence-electron chi connectivity index (χ1n) is 6.61. The van der Waals surface area contributed by atoms with Gasteiger partial charge >= 0.3 is 0 Å². The molecule has 0 aliphatic rings. The molecule has 0 fully saturated rings. The average Bonchev–Trinajstić information content (AvgIpc) is 2.53.